The average Bonchev–Trinajstić information content (AvgIpc) is 2.98. The van der Waals surface area contributed by atoms with Gasteiger partial charge in [0.15, 0.2) is 0 Å². The van der Waals surface area contributed by atoms with Crippen LogP contribution in [-0.4, -0.2) is 35.5 Å². The lowest BCUT2D eigenvalue weighted by Gasteiger charge is -2.43. The zero-order chi connectivity index (χ0) is 10.9. The zero-order valence-corrected chi connectivity index (χ0v) is 9.88. The van der Waals surface area contributed by atoms with Crippen molar-refractivity contribution in [2.75, 3.05) is 13.2 Å². The molecule has 2 N–H and O–H groups in total. The lowest BCUT2D eigenvalue weighted by molar-refractivity contribution is -0.151. The van der Waals surface area contributed by atoms with Crippen molar-refractivity contribution in [1.82, 2.24) is 5.32 Å². The molecule has 3 heteroatoms. The number of ether oxygens (including phenoxy) is 1. The van der Waals surface area contributed by atoms with Crippen molar-refractivity contribution in [3.8, 4) is 0 Å². The van der Waals surface area contributed by atoms with E-state index in [-0.39, 0.29) is 5.60 Å². The van der Waals surface area contributed by atoms with Crippen molar-refractivity contribution in [1.29, 1.82) is 0 Å². The van der Waals surface area contributed by atoms with E-state index in [9.17, 15) is 5.11 Å². The first-order chi connectivity index (χ1) is 7.05. The molecule has 1 aliphatic heterocycles. The van der Waals surface area contributed by atoms with E-state index in [1.807, 2.05) is 0 Å². The van der Waals surface area contributed by atoms with Gasteiger partial charge in [-0.15, -0.1) is 0 Å². The van der Waals surface area contributed by atoms with Gasteiger partial charge in [0.05, 0.1) is 17.8 Å². The summed E-state index contributed by atoms with van der Waals surface area (Å²) in [5.74, 6) is 0. The summed E-state index contributed by atoms with van der Waals surface area (Å²) in [5, 5.41) is 13.9. The van der Waals surface area contributed by atoms with Crippen LogP contribution in [0.5, 0.6) is 0 Å². The van der Waals surface area contributed by atoms with E-state index >= 15 is 0 Å². The molecule has 0 aromatic carbocycles. The van der Waals surface area contributed by atoms with Gasteiger partial charge in [-0.25, -0.2) is 0 Å². The lowest BCUT2D eigenvalue weighted by Crippen LogP contribution is -2.52. The molecule has 2 fully saturated rings. The Morgan fingerprint density at radius 3 is 2.80 bits per heavy atom. The van der Waals surface area contributed by atoms with Gasteiger partial charge < -0.3 is 15.2 Å². The predicted octanol–water partition coefficient (Wildman–Crippen LogP) is 1.45. The Labute approximate surface area is 92.2 Å². The molecule has 0 bridgehead atoms. The van der Waals surface area contributed by atoms with Gasteiger partial charge in [-0.05, 0) is 26.2 Å². The van der Waals surface area contributed by atoms with Crippen molar-refractivity contribution in [3.63, 3.8) is 0 Å². The highest BCUT2D eigenvalue weighted by Crippen LogP contribution is 2.34. The first kappa shape index (κ1) is 11.4. The molecular weight excluding hydrogens is 190 g/mol. The summed E-state index contributed by atoms with van der Waals surface area (Å²) in [6, 6.07) is 0.671. The second-order valence-corrected chi connectivity index (χ2v) is 5.46. The Balaban J connectivity index is 1.88. The Morgan fingerprint density at radius 1 is 1.47 bits per heavy atom. The molecule has 1 heterocycles. The topological polar surface area (TPSA) is 41.5 Å². The smallest absolute Gasteiger partial charge is 0.0820 e. The van der Waals surface area contributed by atoms with Gasteiger partial charge in [0, 0.05) is 25.4 Å². The Kier molecular flexibility index (Phi) is 3.06. The minimum Gasteiger partial charge on any atom is -0.388 e. The van der Waals surface area contributed by atoms with E-state index in [0.717, 1.165) is 25.8 Å². The fraction of sp³-hybridized carbons (Fsp3) is 1.00. The number of rotatable bonds is 4. The molecule has 15 heavy (non-hydrogen) atoms. The van der Waals surface area contributed by atoms with Crippen LogP contribution in [-0.2, 0) is 4.74 Å². The number of hydrogen-bond donors (Lipinski definition) is 2. The van der Waals surface area contributed by atoms with Crippen molar-refractivity contribution >= 4 is 0 Å². The normalized spacial score (nSPS) is 41.8. The SMILES string of the molecule is CCC1(C)CC(O)(CNC2CC2)CCO1. The van der Waals surface area contributed by atoms with Crippen LogP contribution in [0.2, 0.25) is 0 Å². The number of hydrogen-bond acceptors (Lipinski definition) is 3. The molecule has 2 aliphatic rings. The van der Waals surface area contributed by atoms with E-state index in [1.165, 1.54) is 12.8 Å². The molecule has 0 spiro atoms. The molecule has 88 valence electrons. The fourth-order valence-electron chi connectivity index (χ4n) is 2.32. The second-order valence-electron chi connectivity index (χ2n) is 5.46. The van der Waals surface area contributed by atoms with Gasteiger partial charge in [0.1, 0.15) is 0 Å². The summed E-state index contributed by atoms with van der Waals surface area (Å²) in [6.07, 6.45) is 5.05. The molecule has 0 aromatic rings. The standard InChI is InChI=1S/C12H23NO2/c1-3-11(2)8-12(14,6-7-15-11)9-13-10-4-5-10/h10,13-14H,3-9H2,1-2H3. The third-order valence-corrected chi connectivity index (χ3v) is 3.77. The predicted molar refractivity (Wildman–Crippen MR) is 59.9 cm³/mol. The summed E-state index contributed by atoms with van der Waals surface area (Å²) in [4.78, 5) is 0. The summed E-state index contributed by atoms with van der Waals surface area (Å²) < 4.78 is 5.74. The van der Waals surface area contributed by atoms with Gasteiger partial charge >= 0.3 is 0 Å². The molecule has 0 radical (unpaired) electrons. The maximum absolute atomic E-state index is 10.5. The molecule has 1 saturated heterocycles. The maximum Gasteiger partial charge on any atom is 0.0820 e. The second kappa shape index (κ2) is 4.04. The first-order valence-electron chi connectivity index (χ1n) is 6.15. The largest absolute Gasteiger partial charge is 0.388 e. The van der Waals surface area contributed by atoms with Gasteiger partial charge in [-0.1, -0.05) is 6.92 Å². The van der Waals surface area contributed by atoms with Crippen LogP contribution in [0.15, 0.2) is 0 Å². The molecule has 1 aliphatic carbocycles. The molecule has 2 unspecified atom stereocenters. The Bertz CT molecular complexity index is 230. The summed E-state index contributed by atoms with van der Waals surface area (Å²) in [5.41, 5.74) is -0.677. The van der Waals surface area contributed by atoms with E-state index in [1.54, 1.807) is 0 Å². The van der Waals surface area contributed by atoms with Crippen molar-refractivity contribution < 1.29 is 9.84 Å². The van der Waals surface area contributed by atoms with Crippen molar-refractivity contribution in [3.05, 3.63) is 0 Å². The quantitative estimate of drug-likeness (QED) is 0.742. The third kappa shape index (κ3) is 2.92. The van der Waals surface area contributed by atoms with Gasteiger partial charge in [0.2, 0.25) is 0 Å². The minimum atomic E-state index is -0.550. The van der Waals surface area contributed by atoms with Gasteiger partial charge in [-0.2, -0.15) is 0 Å². The molecule has 2 atom stereocenters. The Hall–Kier alpha value is -0.120. The van der Waals surface area contributed by atoms with Gasteiger partial charge in [0.25, 0.3) is 0 Å². The third-order valence-electron chi connectivity index (χ3n) is 3.77. The monoisotopic (exact) mass is 213 g/mol. The summed E-state index contributed by atoms with van der Waals surface area (Å²) in [7, 11) is 0. The van der Waals surface area contributed by atoms with Crippen LogP contribution >= 0.6 is 0 Å². The molecule has 3 nitrogen and oxygen atoms in total. The zero-order valence-electron chi connectivity index (χ0n) is 9.88. The highest BCUT2D eigenvalue weighted by molar-refractivity contribution is 4.95. The highest BCUT2D eigenvalue weighted by Gasteiger charge is 2.41. The van der Waals surface area contributed by atoms with E-state index in [4.69, 9.17) is 4.74 Å². The van der Waals surface area contributed by atoms with Crippen LogP contribution in [0, 0.1) is 0 Å². The molecule has 2 rings (SSSR count). The lowest BCUT2D eigenvalue weighted by atomic mass is 9.82. The van der Waals surface area contributed by atoms with Crippen LogP contribution in [0.3, 0.4) is 0 Å². The molecular formula is C12H23NO2. The van der Waals surface area contributed by atoms with Crippen molar-refractivity contribution in [2.45, 2.75) is 63.2 Å². The van der Waals surface area contributed by atoms with Crippen LogP contribution in [0.1, 0.15) is 46.0 Å². The summed E-state index contributed by atoms with van der Waals surface area (Å²) >= 11 is 0. The van der Waals surface area contributed by atoms with Crippen LogP contribution < -0.4 is 5.32 Å². The number of aliphatic hydroxyl groups is 1. The average molecular weight is 213 g/mol. The first-order valence-corrected chi connectivity index (χ1v) is 6.15. The van der Waals surface area contributed by atoms with E-state index < -0.39 is 5.60 Å². The number of nitrogens with one attached hydrogen (secondary N) is 1. The minimum absolute atomic E-state index is 0.127. The molecule has 0 aromatic heterocycles. The molecule has 1 saturated carbocycles. The summed E-state index contributed by atoms with van der Waals surface area (Å²) in [6.45, 7) is 5.65. The maximum atomic E-state index is 10.5. The van der Waals surface area contributed by atoms with E-state index in [2.05, 4.69) is 19.2 Å². The van der Waals surface area contributed by atoms with Crippen molar-refractivity contribution in [2.24, 2.45) is 0 Å². The fourth-order valence-corrected chi connectivity index (χ4v) is 2.32. The van der Waals surface area contributed by atoms with Crippen LogP contribution in [0.4, 0.5) is 0 Å². The highest BCUT2D eigenvalue weighted by atomic mass is 16.5. The van der Waals surface area contributed by atoms with E-state index in [0.29, 0.717) is 12.6 Å². The van der Waals surface area contributed by atoms with Gasteiger partial charge in [-0.3, -0.25) is 0 Å². The molecule has 0 amide bonds. The Morgan fingerprint density at radius 2 is 2.20 bits per heavy atom. The van der Waals surface area contributed by atoms with Crippen LogP contribution in [0.25, 0.3) is 0 Å².